The largest absolute Gasteiger partial charge is 0.234 e. The average Bonchev–Trinajstić information content (AvgIpc) is 2.14. The minimum atomic E-state index is 1.00. The van der Waals surface area contributed by atoms with Gasteiger partial charge in [-0.25, -0.2) is 4.79 Å². The summed E-state index contributed by atoms with van der Waals surface area (Å²) in [5, 5.41) is 0. The Bertz CT molecular complexity index is 154. The van der Waals surface area contributed by atoms with Crippen LogP contribution in [0, 0.1) is 0 Å². The molecule has 1 aliphatic carbocycles. The van der Waals surface area contributed by atoms with Crippen LogP contribution in [0.25, 0.3) is 0 Å². The quantitative estimate of drug-likeness (QED) is 0.505. The first-order chi connectivity index (χ1) is 5.93. The zero-order chi connectivity index (χ0) is 8.65. The van der Waals surface area contributed by atoms with Gasteiger partial charge in [0.2, 0.25) is 0 Å². The van der Waals surface area contributed by atoms with Gasteiger partial charge >= 0.3 is 0 Å². The molecular weight excluding hydrogens is 148 g/mol. The van der Waals surface area contributed by atoms with Crippen molar-refractivity contribution in [3.05, 3.63) is 5.57 Å². The summed E-state index contributed by atoms with van der Waals surface area (Å²) >= 11 is 0. The summed E-state index contributed by atoms with van der Waals surface area (Å²) < 4.78 is 0. The van der Waals surface area contributed by atoms with Crippen LogP contribution in [0.4, 0.5) is 0 Å². The molecule has 0 aliphatic heterocycles. The molecule has 0 aromatic carbocycles. The average molecular weight is 166 g/mol. The van der Waals surface area contributed by atoms with E-state index in [-0.39, 0.29) is 0 Å². The Balaban J connectivity index is 2.31. The molecule has 0 N–H and O–H groups in total. The summed E-state index contributed by atoms with van der Waals surface area (Å²) in [5.41, 5.74) is 1.02. The van der Waals surface area contributed by atoms with E-state index in [1.807, 2.05) is 0 Å². The molecule has 0 amide bonds. The normalized spacial score (nSPS) is 21.5. The predicted molar refractivity (Wildman–Crippen MR) is 50.8 cm³/mol. The molecule has 0 aromatic rings. The lowest BCUT2D eigenvalue weighted by Gasteiger charge is -2.07. The Kier molecular flexibility index (Phi) is 4.79. The molecule has 0 radical (unpaired) electrons. The molecule has 1 saturated carbocycles. The van der Waals surface area contributed by atoms with E-state index < -0.39 is 0 Å². The molecule has 1 heteroatoms. The van der Waals surface area contributed by atoms with Gasteiger partial charge in [0.05, 0.1) is 0 Å². The molecule has 1 aliphatic rings. The number of allylic oxidation sites excluding steroid dienone is 1. The SMILES string of the molecule is O=C=C1CCCCCCCCC1. The van der Waals surface area contributed by atoms with Crippen LogP contribution in [-0.4, -0.2) is 5.94 Å². The van der Waals surface area contributed by atoms with Crippen LogP contribution in [0.15, 0.2) is 5.57 Å². The molecule has 0 spiro atoms. The zero-order valence-electron chi connectivity index (χ0n) is 7.77. The Morgan fingerprint density at radius 1 is 0.750 bits per heavy atom. The van der Waals surface area contributed by atoms with Gasteiger partial charge in [-0.15, -0.1) is 0 Å². The predicted octanol–water partition coefficient (Wildman–Crippen LogP) is 3.27. The summed E-state index contributed by atoms with van der Waals surface area (Å²) in [6, 6.07) is 0. The van der Waals surface area contributed by atoms with E-state index in [2.05, 4.69) is 5.94 Å². The first kappa shape index (κ1) is 9.54. The minimum absolute atomic E-state index is 1.00. The Morgan fingerprint density at radius 2 is 1.17 bits per heavy atom. The van der Waals surface area contributed by atoms with E-state index in [1.165, 1.54) is 44.9 Å². The van der Waals surface area contributed by atoms with Crippen molar-refractivity contribution in [3.63, 3.8) is 0 Å². The van der Waals surface area contributed by atoms with E-state index in [4.69, 9.17) is 0 Å². The molecule has 1 rings (SSSR count). The lowest BCUT2D eigenvalue weighted by Crippen LogP contribution is -1.90. The van der Waals surface area contributed by atoms with Gasteiger partial charge in [-0.1, -0.05) is 32.1 Å². The first-order valence-electron chi connectivity index (χ1n) is 5.16. The van der Waals surface area contributed by atoms with Gasteiger partial charge in [-0.2, -0.15) is 0 Å². The third-order valence-corrected chi connectivity index (χ3v) is 2.60. The Hall–Kier alpha value is -0.550. The highest BCUT2D eigenvalue weighted by Crippen LogP contribution is 2.18. The third kappa shape index (κ3) is 3.73. The molecule has 12 heavy (non-hydrogen) atoms. The van der Waals surface area contributed by atoms with Gasteiger partial charge < -0.3 is 0 Å². The fourth-order valence-electron chi connectivity index (χ4n) is 1.79. The molecule has 0 unspecified atom stereocenters. The van der Waals surface area contributed by atoms with Crippen molar-refractivity contribution in [3.8, 4) is 0 Å². The number of carbonyl (C=O) groups excluding carboxylic acids is 1. The molecule has 0 bridgehead atoms. The molecule has 0 heterocycles. The molecule has 1 fully saturated rings. The summed E-state index contributed by atoms with van der Waals surface area (Å²) in [6.07, 6.45) is 11.1. The fraction of sp³-hybridized carbons (Fsp3) is 0.818. The molecular formula is C11H18O. The van der Waals surface area contributed by atoms with E-state index in [0.29, 0.717) is 0 Å². The van der Waals surface area contributed by atoms with Crippen molar-refractivity contribution in [2.24, 2.45) is 0 Å². The van der Waals surface area contributed by atoms with Crippen LogP contribution < -0.4 is 0 Å². The van der Waals surface area contributed by atoms with Crippen LogP contribution in [-0.2, 0) is 4.79 Å². The maximum atomic E-state index is 10.5. The van der Waals surface area contributed by atoms with Gasteiger partial charge in [-0.05, 0) is 25.7 Å². The van der Waals surface area contributed by atoms with Crippen LogP contribution in [0.1, 0.15) is 57.8 Å². The van der Waals surface area contributed by atoms with E-state index >= 15 is 0 Å². The highest BCUT2D eigenvalue weighted by atomic mass is 16.1. The monoisotopic (exact) mass is 166 g/mol. The second kappa shape index (κ2) is 6.02. The third-order valence-electron chi connectivity index (χ3n) is 2.60. The van der Waals surface area contributed by atoms with Crippen molar-refractivity contribution < 1.29 is 4.79 Å². The Morgan fingerprint density at radius 3 is 1.58 bits per heavy atom. The maximum absolute atomic E-state index is 10.5. The van der Waals surface area contributed by atoms with Gasteiger partial charge in [0, 0.05) is 5.57 Å². The number of rotatable bonds is 0. The highest BCUT2D eigenvalue weighted by molar-refractivity contribution is 5.52. The fourth-order valence-corrected chi connectivity index (χ4v) is 1.79. The van der Waals surface area contributed by atoms with Gasteiger partial charge in [0.1, 0.15) is 5.94 Å². The van der Waals surface area contributed by atoms with Crippen molar-refractivity contribution in [2.45, 2.75) is 57.8 Å². The summed E-state index contributed by atoms with van der Waals surface area (Å²) in [6.45, 7) is 0. The zero-order valence-corrected chi connectivity index (χ0v) is 7.77. The topological polar surface area (TPSA) is 17.1 Å². The number of hydrogen-bond acceptors (Lipinski definition) is 1. The molecule has 1 nitrogen and oxygen atoms in total. The first-order valence-corrected chi connectivity index (χ1v) is 5.16. The smallest absolute Gasteiger partial charge is 0.123 e. The van der Waals surface area contributed by atoms with Crippen LogP contribution in [0.3, 0.4) is 0 Å². The second-order valence-electron chi connectivity index (χ2n) is 3.68. The van der Waals surface area contributed by atoms with Crippen LogP contribution in [0.2, 0.25) is 0 Å². The molecule has 68 valence electrons. The standard InChI is InChI=1S/C11H18O/c12-10-11-8-6-4-2-1-3-5-7-9-11/h1-9H2. The van der Waals surface area contributed by atoms with Gasteiger partial charge in [-0.3, -0.25) is 0 Å². The lowest BCUT2D eigenvalue weighted by atomic mass is 9.98. The van der Waals surface area contributed by atoms with Crippen molar-refractivity contribution >= 4 is 5.94 Å². The van der Waals surface area contributed by atoms with Crippen LogP contribution >= 0.6 is 0 Å². The summed E-state index contributed by atoms with van der Waals surface area (Å²) in [4.78, 5) is 10.5. The highest BCUT2D eigenvalue weighted by Gasteiger charge is 2.01. The van der Waals surface area contributed by atoms with Gasteiger partial charge in [0.25, 0.3) is 0 Å². The number of hydrogen-bond donors (Lipinski definition) is 0. The van der Waals surface area contributed by atoms with Crippen molar-refractivity contribution in [2.75, 3.05) is 0 Å². The molecule has 0 saturated heterocycles. The van der Waals surface area contributed by atoms with Crippen molar-refractivity contribution in [1.82, 2.24) is 0 Å². The van der Waals surface area contributed by atoms with Crippen molar-refractivity contribution in [1.29, 1.82) is 0 Å². The summed E-state index contributed by atoms with van der Waals surface area (Å²) in [5.74, 6) is 2.09. The van der Waals surface area contributed by atoms with E-state index in [1.54, 1.807) is 0 Å². The lowest BCUT2D eigenvalue weighted by molar-refractivity contribution is 0.540. The molecule has 0 aromatic heterocycles. The van der Waals surface area contributed by atoms with E-state index in [9.17, 15) is 4.79 Å². The Labute approximate surface area is 74.9 Å². The van der Waals surface area contributed by atoms with Gasteiger partial charge in [0.15, 0.2) is 0 Å². The second-order valence-corrected chi connectivity index (χ2v) is 3.68. The van der Waals surface area contributed by atoms with Crippen LogP contribution in [0.5, 0.6) is 0 Å². The summed E-state index contributed by atoms with van der Waals surface area (Å²) in [7, 11) is 0. The van der Waals surface area contributed by atoms with E-state index in [0.717, 1.165) is 18.4 Å². The maximum Gasteiger partial charge on any atom is 0.123 e. The molecule has 0 atom stereocenters. The minimum Gasteiger partial charge on any atom is -0.234 e.